The highest BCUT2D eigenvalue weighted by atomic mass is 79.9. The molecule has 0 amide bonds. The first kappa shape index (κ1) is 24.6. The normalized spacial score (nSPS) is 11.1. The van der Waals surface area contributed by atoms with Crippen molar-refractivity contribution in [2.45, 2.75) is 20.5 Å². The van der Waals surface area contributed by atoms with Crippen molar-refractivity contribution in [1.82, 2.24) is 9.66 Å². The van der Waals surface area contributed by atoms with Crippen LogP contribution in [-0.2, 0) is 6.61 Å². The summed E-state index contributed by atoms with van der Waals surface area (Å²) in [7, 11) is 0. The summed E-state index contributed by atoms with van der Waals surface area (Å²) >= 11 is 6.95. The van der Waals surface area contributed by atoms with Crippen molar-refractivity contribution >= 4 is 49.0 Å². The number of hydrogen-bond acceptors (Lipinski definition) is 6. The van der Waals surface area contributed by atoms with Gasteiger partial charge in [-0.2, -0.15) is 15.0 Å². The minimum absolute atomic E-state index is 0.211. The van der Waals surface area contributed by atoms with E-state index in [1.165, 1.54) is 4.68 Å². The summed E-state index contributed by atoms with van der Waals surface area (Å²) in [4.78, 5) is 17.5. The number of nitrogens with zero attached hydrogens (tertiary/aromatic N) is 4. The molecule has 1 heterocycles. The first-order chi connectivity index (χ1) is 16.9. The van der Waals surface area contributed by atoms with Crippen molar-refractivity contribution in [2.75, 3.05) is 6.61 Å². The lowest BCUT2D eigenvalue weighted by Crippen LogP contribution is -2.20. The highest BCUT2D eigenvalue weighted by molar-refractivity contribution is 9.10. The van der Waals surface area contributed by atoms with Crippen LogP contribution in [0.3, 0.4) is 0 Å². The van der Waals surface area contributed by atoms with Gasteiger partial charge in [-0.25, -0.2) is 4.98 Å². The molecule has 0 aliphatic rings. The van der Waals surface area contributed by atoms with E-state index in [1.54, 1.807) is 37.4 Å². The van der Waals surface area contributed by atoms with Gasteiger partial charge in [0, 0.05) is 10.0 Å². The predicted molar refractivity (Wildman–Crippen MR) is 142 cm³/mol. The summed E-state index contributed by atoms with van der Waals surface area (Å²) in [6.45, 7) is 4.26. The van der Waals surface area contributed by atoms with Crippen LogP contribution in [0.15, 0.2) is 73.4 Å². The number of nitriles is 1. The molecule has 9 heteroatoms. The Hall–Kier alpha value is -3.48. The Kier molecular flexibility index (Phi) is 7.63. The minimum Gasteiger partial charge on any atom is -0.490 e. The van der Waals surface area contributed by atoms with Gasteiger partial charge < -0.3 is 9.47 Å². The van der Waals surface area contributed by atoms with Crippen molar-refractivity contribution in [3.63, 3.8) is 0 Å². The molecule has 0 aliphatic carbocycles. The number of ether oxygens (including phenoxy) is 2. The van der Waals surface area contributed by atoms with Gasteiger partial charge in [0.05, 0.1) is 39.8 Å². The summed E-state index contributed by atoms with van der Waals surface area (Å²) in [6.07, 6.45) is 1.57. The fourth-order valence-electron chi connectivity index (χ4n) is 3.49. The summed E-state index contributed by atoms with van der Waals surface area (Å²) in [5, 5.41) is 14.2. The summed E-state index contributed by atoms with van der Waals surface area (Å²) < 4.78 is 14.6. The Balaban J connectivity index is 1.66. The van der Waals surface area contributed by atoms with Gasteiger partial charge in [0.1, 0.15) is 12.4 Å². The molecule has 7 nitrogen and oxygen atoms in total. The zero-order valence-electron chi connectivity index (χ0n) is 19.0. The van der Waals surface area contributed by atoms with Gasteiger partial charge in [0.25, 0.3) is 5.56 Å². The number of rotatable bonds is 7. The second kappa shape index (κ2) is 10.8. The molecule has 3 aromatic carbocycles. The Morgan fingerprint density at radius 2 is 1.94 bits per heavy atom. The molecule has 35 heavy (non-hydrogen) atoms. The third-order valence-electron chi connectivity index (χ3n) is 5.13. The first-order valence-corrected chi connectivity index (χ1v) is 12.3. The summed E-state index contributed by atoms with van der Waals surface area (Å²) in [5.41, 5.74) is 2.39. The van der Waals surface area contributed by atoms with Crippen LogP contribution in [0.5, 0.6) is 11.5 Å². The molecular formula is C26H20Br2N4O3. The molecular weight excluding hydrogens is 576 g/mol. The number of aromatic nitrogens is 2. The predicted octanol–water partition coefficient (Wildman–Crippen LogP) is 5.96. The molecule has 0 atom stereocenters. The largest absolute Gasteiger partial charge is 0.490 e. The van der Waals surface area contributed by atoms with Gasteiger partial charge in [-0.3, -0.25) is 4.79 Å². The number of aryl methyl sites for hydroxylation is 1. The highest BCUT2D eigenvalue weighted by Crippen LogP contribution is 2.37. The molecule has 1 aromatic heterocycles. The molecule has 4 aromatic rings. The molecule has 0 spiro atoms. The minimum atomic E-state index is -0.259. The van der Waals surface area contributed by atoms with Gasteiger partial charge in [0.2, 0.25) is 0 Å². The maximum absolute atomic E-state index is 13.0. The van der Waals surface area contributed by atoms with Gasteiger partial charge >= 0.3 is 0 Å². The summed E-state index contributed by atoms with van der Waals surface area (Å²) in [6, 6.07) is 18.4. The van der Waals surface area contributed by atoms with Gasteiger partial charge in [-0.1, -0.05) is 34.1 Å². The smallest absolute Gasteiger partial charge is 0.282 e. The zero-order valence-corrected chi connectivity index (χ0v) is 22.1. The number of halogens is 2. The second-order valence-electron chi connectivity index (χ2n) is 7.50. The van der Waals surface area contributed by atoms with E-state index in [0.29, 0.717) is 50.4 Å². The molecule has 0 fully saturated rings. The van der Waals surface area contributed by atoms with E-state index in [-0.39, 0.29) is 12.2 Å². The van der Waals surface area contributed by atoms with Crippen molar-refractivity contribution in [3.05, 3.63) is 96.4 Å². The van der Waals surface area contributed by atoms with Crippen LogP contribution in [0.1, 0.15) is 29.4 Å². The van der Waals surface area contributed by atoms with E-state index >= 15 is 0 Å². The van der Waals surface area contributed by atoms with Crippen LogP contribution in [0.4, 0.5) is 0 Å². The fourth-order valence-corrected chi connectivity index (χ4v) is 4.43. The Labute approximate surface area is 218 Å². The number of fused-ring (bicyclic) bond motifs is 1. The molecule has 0 saturated heterocycles. The van der Waals surface area contributed by atoms with Crippen LogP contribution in [-0.4, -0.2) is 22.5 Å². The zero-order chi connectivity index (χ0) is 24.9. The van der Waals surface area contributed by atoms with E-state index < -0.39 is 0 Å². The van der Waals surface area contributed by atoms with Gasteiger partial charge in [-0.15, -0.1) is 0 Å². The van der Waals surface area contributed by atoms with Gasteiger partial charge in [0.15, 0.2) is 11.5 Å². The maximum Gasteiger partial charge on any atom is 0.282 e. The molecule has 176 valence electrons. The Morgan fingerprint density at radius 3 is 2.71 bits per heavy atom. The summed E-state index contributed by atoms with van der Waals surface area (Å²) in [5.74, 6) is 1.51. The molecule has 0 radical (unpaired) electrons. The number of hydrogen-bond donors (Lipinski definition) is 0. The average molecular weight is 596 g/mol. The quantitative estimate of drug-likeness (QED) is 0.246. The monoisotopic (exact) mass is 594 g/mol. The first-order valence-electron chi connectivity index (χ1n) is 10.7. The average Bonchev–Trinajstić information content (AvgIpc) is 2.84. The van der Waals surface area contributed by atoms with Gasteiger partial charge in [-0.05, 0) is 71.7 Å². The van der Waals surface area contributed by atoms with E-state index in [1.807, 2.05) is 37.3 Å². The van der Waals surface area contributed by atoms with Crippen LogP contribution in [0.25, 0.3) is 10.9 Å². The van der Waals surface area contributed by atoms with Crippen LogP contribution in [0, 0.1) is 18.3 Å². The lowest BCUT2D eigenvalue weighted by Gasteiger charge is -2.15. The fraction of sp³-hybridized carbons (Fsp3) is 0.154. The van der Waals surface area contributed by atoms with Crippen LogP contribution >= 0.6 is 31.9 Å². The van der Waals surface area contributed by atoms with E-state index in [4.69, 9.17) is 9.47 Å². The van der Waals surface area contributed by atoms with Crippen molar-refractivity contribution in [1.29, 1.82) is 5.26 Å². The number of benzene rings is 3. The molecule has 4 rings (SSSR count). The van der Waals surface area contributed by atoms with Crippen molar-refractivity contribution in [2.24, 2.45) is 5.10 Å². The van der Waals surface area contributed by atoms with Crippen LogP contribution < -0.4 is 15.0 Å². The molecule has 0 bridgehead atoms. The molecule has 0 aliphatic heterocycles. The third kappa shape index (κ3) is 5.45. The Morgan fingerprint density at radius 1 is 1.14 bits per heavy atom. The van der Waals surface area contributed by atoms with Crippen molar-refractivity contribution in [3.8, 4) is 17.6 Å². The maximum atomic E-state index is 13.0. The molecule has 0 unspecified atom stereocenters. The van der Waals surface area contributed by atoms with E-state index in [2.05, 4.69) is 48.0 Å². The van der Waals surface area contributed by atoms with E-state index in [9.17, 15) is 10.1 Å². The topological polar surface area (TPSA) is 89.5 Å². The molecule has 0 saturated carbocycles. The standard InChI is InChI=1S/C26H20Br2N4O3/c1-3-34-24-11-17(10-22(28)25(24)35-15-19-7-5-4-6-18(19)13-29)14-30-32-16(2)31-23-9-8-20(27)12-21(23)26(32)33/h4-12,14H,3,15H2,1-2H3. The highest BCUT2D eigenvalue weighted by Gasteiger charge is 2.14. The molecule has 0 N–H and O–H groups in total. The van der Waals surface area contributed by atoms with E-state index in [0.717, 1.165) is 10.0 Å². The Bertz CT molecular complexity index is 1540. The van der Waals surface area contributed by atoms with Crippen molar-refractivity contribution < 1.29 is 9.47 Å². The van der Waals surface area contributed by atoms with Crippen LogP contribution in [0.2, 0.25) is 0 Å². The SMILES string of the molecule is CCOc1cc(C=Nn2c(C)nc3ccc(Br)cc3c2=O)cc(Br)c1OCc1ccccc1C#N. The lowest BCUT2D eigenvalue weighted by atomic mass is 10.1. The second-order valence-corrected chi connectivity index (χ2v) is 9.27. The third-order valence-corrected chi connectivity index (χ3v) is 6.22. The lowest BCUT2D eigenvalue weighted by molar-refractivity contribution is 0.267.